The Kier molecular flexibility index (Phi) is 3.44. The molecule has 0 aromatic carbocycles. The van der Waals surface area contributed by atoms with Gasteiger partial charge in [0.15, 0.2) is 14.4 Å². The van der Waals surface area contributed by atoms with E-state index >= 15 is 0 Å². The van der Waals surface area contributed by atoms with E-state index in [1.54, 1.807) is 0 Å². The summed E-state index contributed by atoms with van der Waals surface area (Å²) < 4.78 is 0.705. The van der Waals surface area contributed by atoms with Crippen molar-refractivity contribution in [2.24, 2.45) is 0 Å². The van der Waals surface area contributed by atoms with Crippen LogP contribution in [0.4, 0.5) is 0 Å². The summed E-state index contributed by atoms with van der Waals surface area (Å²) in [5.74, 6) is -1.02. The summed E-state index contributed by atoms with van der Waals surface area (Å²) in [6, 6.07) is 0. The van der Waals surface area contributed by atoms with Gasteiger partial charge in [0.05, 0.1) is 0 Å². The summed E-state index contributed by atoms with van der Waals surface area (Å²) >= 11 is 8.30. The van der Waals surface area contributed by atoms with Crippen LogP contribution in [0.3, 0.4) is 0 Å². The fourth-order valence-corrected chi connectivity index (χ4v) is 3.46. The van der Waals surface area contributed by atoms with Crippen molar-refractivity contribution in [1.82, 2.24) is 4.98 Å². The minimum absolute atomic E-state index is 0.0109. The third-order valence-electron chi connectivity index (χ3n) is 1.15. The maximum Gasteiger partial charge on any atom is 0.349 e. The zero-order chi connectivity index (χ0) is 10.9. The summed E-state index contributed by atoms with van der Waals surface area (Å²) in [4.78, 5) is 14.8. The molecule has 1 rings (SSSR count). The fourth-order valence-electron chi connectivity index (χ4n) is 0.721. The van der Waals surface area contributed by atoms with Gasteiger partial charge >= 0.3 is 5.97 Å². The van der Waals surface area contributed by atoms with Gasteiger partial charge in [0.2, 0.25) is 0 Å². The third kappa shape index (κ3) is 3.15. The lowest BCUT2D eigenvalue weighted by Crippen LogP contribution is -2.06. The molecule has 1 N–H and O–H groups in total. The third-order valence-corrected chi connectivity index (χ3v) is 3.76. The molecule has 0 aliphatic carbocycles. The van der Waals surface area contributed by atoms with Gasteiger partial charge in [-0.15, -0.1) is 0 Å². The SMILES string of the molecule is CC(C)(C)Sc1nc(Cl)c(C(=O)O)s1. The minimum Gasteiger partial charge on any atom is -0.477 e. The van der Waals surface area contributed by atoms with E-state index in [1.165, 1.54) is 11.8 Å². The highest BCUT2D eigenvalue weighted by Crippen LogP contribution is 2.37. The van der Waals surface area contributed by atoms with Gasteiger partial charge in [0.1, 0.15) is 0 Å². The average molecular weight is 252 g/mol. The van der Waals surface area contributed by atoms with E-state index in [2.05, 4.69) is 4.98 Å². The van der Waals surface area contributed by atoms with Crippen LogP contribution in [0.1, 0.15) is 30.4 Å². The van der Waals surface area contributed by atoms with Gasteiger partial charge in [-0.25, -0.2) is 9.78 Å². The smallest absolute Gasteiger partial charge is 0.349 e. The average Bonchev–Trinajstić information content (AvgIpc) is 2.26. The molecule has 0 fully saturated rings. The molecule has 3 nitrogen and oxygen atoms in total. The highest BCUT2D eigenvalue weighted by molar-refractivity contribution is 8.02. The second-order valence-electron chi connectivity index (χ2n) is 3.62. The van der Waals surface area contributed by atoms with Crippen LogP contribution in [0.5, 0.6) is 0 Å². The van der Waals surface area contributed by atoms with E-state index in [1.807, 2.05) is 20.8 Å². The van der Waals surface area contributed by atoms with Crippen LogP contribution in [0.2, 0.25) is 5.15 Å². The molecule has 1 aromatic heterocycles. The number of nitrogens with zero attached hydrogens (tertiary/aromatic N) is 1. The van der Waals surface area contributed by atoms with Crippen molar-refractivity contribution in [2.45, 2.75) is 29.9 Å². The zero-order valence-electron chi connectivity index (χ0n) is 8.00. The maximum atomic E-state index is 10.7. The summed E-state index contributed by atoms with van der Waals surface area (Å²) in [6.45, 7) is 6.11. The van der Waals surface area contributed by atoms with Crippen LogP contribution < -0.4 is 0 Å². The predicted molar refractivity (Wildman–Crippen MR) is 59.7 cm³/mol. The molecule has 0 unspecified atom stereocenters. The van der Waals surface area contributed by atoms with Gasteiger partial charge in [-0.1, -0.05) is 55.5 Å². The Hall–Kier alpha value is -0.260. The largest absolute Gasteiger partial charge is 0.477 e. The molecule has 0 saturated carbocycles. The van der Waals surface area contributed by atoms with Crippen LogP contribution in [-0.2, 0) is 0 Å². The van der Waals surface area contributed by atoms with Crippen molar-refractivity contribution >= 4 is 40.7 Å². The molecular formula is C8H10ClNO2S2. The predicted octanol–water partition coefficient (Wildman–Crippen LogP) is 3.39. The van der Waals surface area contributed by atoms with Crippen LogP contribution in [0.15, 0.2) is 4.34 Å². The Morgan fingerprint density at radius 2 is 2.14 bits per heavy atom. The molecule has 78 valence electrons. The van der Waals surface area contributed by atoms with Gasteiger partial charge in [-0.3, -0.25) is 0 Å². The Balaban J connectivity index is 2.92. The number of thioether (sulfide) groups is 1. The number of halogens is 1. The first-order chi connectivity index (χ1) is 6.29. The Labute approximate surface area is 95.5 Å². The number of thiazole rings is 1. The molecular weight excluding hydrogens is 242 g/mol. The maximum absolute atomic E-state index is 10.7. The fraction of sp³-hybridized carbons (Fsp3) is 0.500. The molecule has 0 radical (unpaired) electrons. The van der Waals surface area contributed by atoms with Gasteiger partial charge in [-0.2, -0.15) is 0 Å². The van der Waals surface area contributed by atoms with Gasteiger partial charge in [0, 0.05) is 4.75 Å². The second-order valence-corrected chi connectivity index (χ2v) is 7.05. The van der Waals surface area contributed by atoms with E-state index in [-0.39, 0.29) is 14.8 Å². The van der Waals surface area contributed by atoms with Crippen molar-refractivity contribution in [1.29, 1.82) is 0 Å². The van der Waals surface area contributed by atoms with Gasteiger partial charge in [-0.05, 0) is 0 Å². The summed E-state index contributed by atoms with van der Waals surface area (Å²) in [6.07, 6.45) is 0. The van der Waals surface area contributed by atoms with E-state index in [0.717, 1.165) is 11.3 Å². The van der Waals surface area contributed by atoms with E-state index in [9.17, 15) is 4.79 Å². The summed E-state index contributed by atoms with van der Waals surface area (Å²) in [5.41, 5.74) is 0. The Morgan fingerprint density at radius 1 is 1.57 bits per heavy atom. The monoisotopic (exact) mass is 251 g/mol. The number of aromatic carboxylic acids is 1. The lowest BCUT2D eigenvalue weighted by Gasteiger charge is -2.14. The van der Waals surface area contributed by atoms with E-state index in [0.29, 0.717) is 4.34 Å². The number of carboxylic acid groups (broad SMARTS) is 1. The molecule has 1 aromatic rings. The number of hydrogen-bond donors (Lipinski definition) is 1. The van der Waals surface area contributed by atoms with Crippen molar-refractivity contribution in [3.8, 4) is 0 Å². The molecule has 6 heteroatoms. The first-order valence-corrected chi connectivity index (χ1v) is 5.89. The molecule has 14 heavy (non-hydrogen) atoms. The van der Waals surface area contributed by atoms with Crippen molar-refractivity contribution < 1.29 is 9.90 Å². The van der Waals surface area contributed by atoms with Crippen LogP contribution >= 0.6 is 34.7 Å². The van der Waals surface area contributed by atoms with E-state index in [4.69, 9.17) is 16.7 Å². The molecule has 0 aliphatic heterocycles. The lowest BCUT2D eigenvalue weighted by molar-refractivity contribution is 0.0702. The number of hydrogen-bond acceptors (Lipinski definition) is 4. The second kappa shape index (κ2) is 4.08. The zero-order valence-corrected chi connectivity index (χ0v) is 10.4. The summed E-state index contributed by atoms with van der Waals surface area (Å²) in [7, 11) is 0. The van der Waals surface area contributed by atoms with Crippen LogP contribution in [0.25, 0.3) is 0 Å². The van der Waals surface area contributed by atoms with Crippen molar-refractivity contribution in [3.63, 3.8) is 0 Å². The number of rotatable bonds is 2. The lowest BCUT2D eigenvalue weighted by atomic mass is 10.3. The van der Waals surface area contributed by atoms with Crippen molar-refractivity contribution in [2.75, 3.05) is 0 Å². The number of carbonyl (C=O) groups is 1. The molecule has 0 aliphatic rings. The van der Waals surface area contributed by atoms with Crippen molar-refractivity contribution in [3.05, 3.63) is 10.0 Å². The molecule has 0 amide bonds. The van der Waals surface area contributed by atoms with Gasteiger partial charge < -0.3 is 5.11 Å². The Bertz CT molecular complexity index is 357. The molecule has 0 saturated heterocycles. The molecule has 1 heterocycles. The molecule has 0 spiro atoms. The standard InChI is InChI=1S/C8H10ClNO2S2/c1-8(2,3)14-7-10-5(9)4(13-7)6(11)12/h1-3H3,(H,11,12). The normalized spacial score (nSPS) is 11.7. The van der Waals surface area contributed by atoms with Crippen LogP contribution in [-0.4, -0.2) is 20.8 Å². The number of carboxylic acids is 1. The molecule has 0 atom stereocenters. The van der Waals surface area contributed by atoms with Crippen LogP contribution in [0, 0.1) is 0 Å². The molecule has 0 bridgehead atoms. The highest BCUT2D eigenvalue weighted by atomic mass is 35.5. The summed E-state index contributed by atoms with van der Waals surface area (Å²) in [5, 5.41) is 8.83. The highest BCUT2D eigenvalue weighted by Gasteiger charge is 2.20. The quantitative estimate of drug-likeness (QED) is 0.819. The first kappa shape index (κ1) is 11.8. The minimum atomic E-state index is -1.02. The topological polar surface area (TPSA) is 50.2 Å². The Morgan fingerprint density at radius 3 is 2.50 bits per heavy atom. The first-order valence-electron chi connectivity index (χ1n) is 3.88. The number of aromatic nitrogens is 1. The van der Waals surface area contributed by atoms with E-state index < -0.39 is 5.97 Å². The van der Waals surface area contributed by atoms with Gasteiger partial charge in [0.25, 0.3) is 0 Å².